The van der Waals surface area contributed by atoms with Gasteiger partial charge in [0.1, 0.15) is 11.9 Å². The topological polar surface area (TPSA) is 59.5 Å². The van der Waals surface area contributed by atoms with E-state index in [0.717, 1.165) is 43.4 Å². The first kappa shape index (κ1) is 13.1. The molecule has 1 saturated carbocycles. The number of anilines is 1. The highest BCUT2D eigenvalue weighted by atomic mass is 16.6. The molecule has 5 nitrogen and oxygen atoms in total. The summed E-state index contributed by atoms with van der Waals surface area (Å²) in [4.78, 5) is 28.9. The summed E-state index contributed by atoms with van der Waals surface area (Å²) in [5.74, 6) is 0.119. The molecule has 2 aliphatic rings. The van der Waals surface area contributed by atoms with Gasteiger partial charge >= 0.3 is 6.09 Å². The van der Waals surface area contributed by atoms with Crippen molar-refractivity contribution >= 4 is 18.1 Å². The van der Waals surface area contributed by atoms with E-state index in [1.807, 2.05) is 19.1 Å². The fourth-order valence-electron chi connectivity index (χ4n) is 3.13. The molecule has 5 heteroatoms. The Morgan fingerprint density at radius 3 is 2.85 bits per heavy atom. The predicted octanol–water partition coefficient (Wildman–Crippen LogP) is 2.47. The van der Waals surface area contributed by atoms with Crippen molar-refractivity contribution in [2.24, 2.45) is 5.92 Å². The summed E-state index contributed by atoms with van der Waals surface area (Å²) in [7, 11) is 0. The van der Waals surface area contributed by atoms with E-state index in [1.54, 1.807) is 11.1 Å². The maximum Gasteiger partial charge on any atom is 0.415 e. The number of pyridine rings is 1. The molecule has 1 aromatic rings. The van der Waals surface area contributed by atoms with E-state index in [2.05, 4.69) is 4.98 Å². The number of ether oxygens (including phenoxy) is 1. The summed E-state index contributed by atoms with van der Waals surface area (Å²) in [6, 6.07) is 3.71. The zero-order valence-corrected chi connectivity index (χ0v) is 11.5. The molecule has 20 heavy (non-hydrogen) atoms. The molecule has 0 N–H and O–H groups in total. The van der Waals surface area contributed by atoms with Gasteiger partial charge in [-0.3, -0.25) is 9.88 Å². The van der Waals surface area contributed by atoms with E-state index in [4.69, 9.17) is 4.74 Å². The van der Waals surface area contributed by atoms with Crippen LogP contribution in [0.1, 0.15) is 31.4 Å². The lowest BCUT2D eigenvalue weighted by Crippen LogP contribution is -2.39. The van der Waals surface area contributed by atoms with Gasteiger partial charge in [0, 0.05) is 12.1 Å². The highest BCUT2D eigenvalue weighted by molar-refractivity contribution is 5.90. The first-order valence-corrected chi connectivity index (χ1v) is 7.01. The molecule has 106 valence electrons. The molecule has 1 saturated heterocycles. The van der Waals surface area contributed by atoms with Gasteiger partial charge in [0.2, 0.25) is 0 Å². The van der Waals surface area contributed by atoms with Crippen LogP contribution in [0.25, 0.3) is 0 Å². The molecular weight excluding hydrogens is 256 g/mol. The molecule has 0 aromatic carbocycles. The number of aryl methyl sites for hydroxylation is 1. The second kappa shape index (κ2) is 4.89. The molecule has 0 unspecified atom stereocenters. The van der Waals surface area contributed by atoms with Crippen molar-refractivity contribution in [2.45, 2.75) is 38.2 Å². The summed E-state index contributed by atoms with van der Waals surface area (Å²) in [6.07, 6.45) is 5.56. The van der Waals surface area contributed by atoms with Crippen LogP contribution in [0.15, 0.2) is 18.3 Å². The summed E-state index contributed by atoms with van der Waals surface area (Å²) in [5, 5.41) is 0. The molecule has 1 aromatic heterocycles. The van der Waals surface area contributed by atoms with Crippen LogP contribution in [-0.4, -0.2) is 29.5 Å². The molecule has 2 fully saturated rings. The maximum absolute atomic E-state index is 12.2. The SMILES string of the molecule is Cc1ncccc1N1C[C@]2(CC[C@@H](C=O)CC2)OC1=O. The van der Waals surface area contributed by atoms with E-state index in [9.17, 15) is 9.59 Å². The van der Waals surface area contributed by atoms with Gasteiger partial charge in [-0.2, -0.15) is 0 Å². The quantitative estimate of drug-likeness (QED) is 0.777. The number of rotatable bonds is 2. The Hall–Kier alpha value is -1.91. The van der Waals surface area contributed by atoms with E-state index in [-0.39, 0.29) is 12.0 Å². The average molecular weight is 274 g/mol. The number of carbonyl (C=O) groups excluding carboxylic acids is 2. The summed E-state index contributed by atoms with van der Waals surface area (Å²) >= 11 is 0. The van der Waals surface area contributed by atoms with E-state index >= 15 is 0 Å². The van der Waals surface area contributed by atoms with Gasteiger partial charge in [0.25, 0.3) is 0 Å². The zero-order valence-electron chi connectivity index (χ0n) is 11.5. The Morgan fingerprint density at radius 2 is 2.20 bits per heavy atom. The van der Waals surface area contributed by atoms with Crippen molar-refractivity contribution in [1.82, 2.24) is 4.98 Å². The molecule has 1 aliphatic heterocycles. The van der Waals surface area contributed by atoms with Crippen molar-refractivity contribution < 1.29 is 14.3 Å². The third kappa shape index (κ3) is 2.17. The Balaban J connectivity index is 1.79. The summed E-state index contributed by atoms with van der Waals surface area (Å²) in [6.45, 7) is 2.45. The number of carbonyl (C=O) groups is 2. The van der Waals surface area contributed by atoms with Crippen molar-refractivity contribution in [1.29, 1.82) is 0 Å². The van der Waals surface area contributed by atoms with Gasteiger partial charge in [-0.05, 0) is 44.7 Å². The number of hydrogen-bond donors (Lipinski definition) is 0. The lowest BCUT2D eigenvalue weighted by atomic mass is 9.79. The van der Waals surface area contributed by atoms with E-state index in [0.29, 0.717) is 6.54 Å². The monoisotopic (exact) mass is 274 g/mol. The fraction of sp³-hybridized carbons (Fsp3) is 0.533. The van der Waals surface area contributed by atoms with Gasteiger partial charge in [-0.25, -0.2) is 4.79 Å². The number of aldehydes is 1. The van der Waals surface area contributed by atoms with Gasteiger partial charge in [-0.1, -0.05) is 0 Å². The molecule has 0 radical (unpaired) electrons. The highest BCUT2D eigenvalue weighted by Gasteiger charge is 2.47. The Kier molecular flexibility index (Phi) is 3.20. The molecule has 1 amide bonds. The molecule has 1 spiro atoms. The summed E-state index contributed by atoms with van der Waals surface area (Å²) in [5.41, 5.74) is 1.22. The predicted molar refractivity (Wildman–Crippen MR) is 73.6 cm³/mol. The number of nitrogens with zero attached hydrogens (tertiary/aromatic N) is 2. The third-order valence-corrected chi connectivity index (χ3v) is 4.37. The van der Waals surface area contributed by atoms with Gasteiger partial charge in [0.05, 0.1) is 17.9 Å². The fourth-order valence-corrected chi connectivity index (χ4v) is 3.13. The average Bonchev–Trinajstić information content (AvgIpc) is 2.77. The van der Waals surface area contributed by atoms with Crippen molar-refractivity contribution in [3.05, 3.63) is 24.0 Å². The van der Waals surface area contributed by atoms with Crippen LogP contribution in [-0.2, 0) is 9.53 Å². The second-order valence-corrected chi connectivity index (χ2v) is 5.72. The lowest BCUT2D eigenvalue weighted by molar-refractivity contribution is -0.113. The van der Waals surface area contributed by atoms with Gasteiger partial charge < -0.3 is 9.53 Å². The van der Waals surface area contributed by atoms with E-state index < -0.39 is 5.60 Å². The largest absolute Gasteiger partial charge is 0.441 e. The maximum atomic E-state index is 12.2. The molecule has 0 bridgehead atoms. The number of aromatic nitrogens is 1. The minimum absolute atomic E-state index is 0.119. The van der Waals surface area contributed by atoms with E-state index in [1.165, 1.54) is 0 Å². The van der Waals surface area contributed by atoms with Crippen LogP contribution in [0.4, 0.5) is 10.5 Å². The van der Waals surface area contributed by atoms with Gasteiger partial charge in [0.15, 0.2) is 0 Å². The zero-order chi connectivity index (χ0) is 14.2. The molecule has 0 atom stereocenters. The number of hydrogen-bond acceptors (Lipinski definition) is 4. The standard InChI is InChI=1S/C15H18N2O3/c1-11-13(3-2-8-16-11)17-10-15(20-14(17)19)6-4-12(9-18)5-7-15/h2-3,8-9,12H,4-7,10H2,1H3/t12-,15-. The van der Waals surface area contributed by atoms with Crippen LogP contribution in [0.2, 0.25) is 0 Å². The van der Waals surface area contributed by atoms with Crippen molar-refractivity contribution in [3.63, 3.8) is 0 Å². The Bertz CT molecular complexity index is 536. The Morgan fingerprint density at radius 1 is 1.45 bits per heavy atom. The van der Waals surface area contributed by atoms with Crippen LogP contribution >= 0.6 is 0 Å². The minimum Gasteiger partial charge on any atom is -0.441 e. The minimum atomic E-state index is -0.418. The third-order valence-electron chi connectivity index (χ3n) is 4.37. The smallest absolute Gasteiger partial charge is 0.415 e. The van der Waals surface area contributed by atoms with Crippen molar-refractivity contribution in [2.75, 3.05) is 11.4 Å². The normalized spacial score (nSPS) is 29.6. The van der Waals surface area contributed by atoms with Gasteiger partial charge in [-0.15, -0.1) is 0 Å². The molecule has 1 aliphatic carbocycles. The van der Waals surface area contributed by atoms with Crippen LogP contribution in [0, 0.1) is 12.8 Å². The second-order valence-electron chi connectivity index (χ2n) is 5.72. The number of amides is 1. The van der Waals surface area contributed by atoms with Crippen LogP contribution in [0.5, 0.6) is 0 Å². The molecule has 3 rings (SSSR count). The Labute approximate surface area is 117 Å². The summed E-state index contributed by atoms with van der Waals surface area (Å²) < 4.78 is 5.65. The first-order valence-electron chi connectivity index (χ1n) is 7.01. The van der Waals surface area contributed by atoms with Crippen LogP contribution in [0.3, 0.4) is 0 Å². The van der Waals surface area contributed by atoms with Crippen LogP contribution < -0.4 is 4.90 Å². The first-order chi connectivity index (χ1) is 9.63. The van der Waals surface area contributed by atoms with Crippen molar-refractivity contribution in [3.8, 4) is 0 Å². The molecular formula is C15H18N2O3. The lowest BCUT2D eigenvalue weighted by Gasteiger charge is -2.33. The molecule has 2 heterocycles. The highest BCUT2D eigenvalue weighted by Crippen LogP contribution is 2.40.